The highest BCUT2D eigenvalue weighted by molar-refractivity contribution is 6.30. The number of carboxylic acids is 1. The molecule has 0 spiro atoms. The van der Waals surface area contributed by atoms with E-state index < -0.39 is 5.97 Å². The van der Waals surface area contributed by atoms with E-state index in [2.05, 4.69) is 5.10 Å². The number of halogens is 1. The highest BCUT2D eigenvalue weighted by atomic mass is 35.5. The Morgan fingerprint density at radius 3 is 2.44 bits per heavy atom. The molecule has 2 aromatic rings. The first-order valence-electron chi connectivity index (χ1n) is 8.14. The molecule has 0 radical (unpaired) electrons. The van der Waals surface area contributed by atoms with E-state index in [1.54, 1.807) is 16.8 Å². The van der Waals surface area contributed by atoms with Gasteiger partial charge in [0.15, 0.2) is 0 Å². The normalized spacial score (nSPS) is 10.7. The first-order valence-corrected chi connectivity index (χ1v) is 8.51. The van der Waals surface area contributed by atoms with Gasteiger partial charge in [0.05, 0.1) is 17.8 Å². The number of benzene rings is 1. The number of aromatic nitrogens is 2. The van der Waals surface area contributed by atoms with Gasteiger partial charge in [0.1, 0.15) is 6.54 Å². The van der Waals surface area contributed by atoms with Crippen molar-refractivity contribution < 1.29 is 14.7 Å². The van der Waals surface area contributed by atoms with Crippen molar-refractivity contribution in [3.8, 4) is 5.69 Å². The Morgan fingerprint density at radius 2 is 1.88 bits per heavy atom. The van der Waals surface area contributed by atoms with Gasteiger partial charge in [-0.05, 0) is 44.5 Å². The van der Waals surface area contributed by atoms with Crippen molar-refractivity contribution in [1.29, 1.82) is 0 Å². The van der Waals surface area contributed by atoms with Gasteiger partial charge < -0.3 is 10.0 Å². The highest BCUT2D eigenvalue weighted by Crippen LogP contribution is 2.20. The van der Waals surface area contributed by atoms with Gasteiger partial charge in [-0.3, -0.25) is 9.59 Å². The van der Waals surface area contributed by atoms with Crippen molar-refractivity contribution in [3.63, 3.8) is 0 Å². The largest absolute Gasteiger partial charge is 0.480 e. The van der Waals surface area contributed by atoms with Gasteiger partial charge in [0, 0.05) is 22.8 Å². The van der Waals surface area contributed by atoms with E-state index in [1.165, 1.54) is 4.90 Å². The average molecular weight is 364 g/mol. The number of carbonyl (C=O) groups excluding carboxylic acids is 1. The summed E-state index contributed by atoms with van der Waals surface area (Å²) in [7, 11) is 0. The van der Waals surface area contributed by atoms with Gasteiger partial charge >= 0.3 is 5.97 Å². The number of hydrogen-bond acceptors (Lipinski definition) is 3. The molecule has 134 valence electrons. The molecule has 0 aliphatic heterocycles. The predicted octanol–water partition coefficient (Wildman–Crippen LogP) is 3.01. The topological polar surface area (TPSA) is 75.4 Å². The lowest BCUT2D eigenvalue weighted by atomic mass is 10.1. The average Bonchev–Trinajstić information content (AvgIpc) is 2.83. The third-order valence-electron chi connectivity index (χ3n) is 4.01. The molecule has 0 saturated carbocycles. The Balaban J connectivity index is 2.26. The number of aliphatic carboxylic acids is 1. The van der Waals surface area contributed by atoms with Gasteiger partial charge in [0.25, 0.3) is 0 Å². The highest BCUT2D eigenvalue weighted by Gasteiger charge is 2.21. The fourth-order valence-electron chi connectivity index (χ4n) is 2.75. The molecule has 7 heteroatoms. The first-order chi connectivity index (χ1) is 11.8. The molecule has 2 rings (SSSR count). The van der Waals surface area contributed by atoms with Crippen LogP contribution in [0.5, 0.6) is 0 Å². The third-order valence-corrected chi connectivity index (χ3v) is 4.26. The van der Waals surface area contributed by atoms with Crippen LogP contribution in [0.4, 0.5) is 0 Å². The second-order valence-corrected chi connectivity index (χ2v) is 6.36. The lowest BCUT2D eigenvalue weighted by Gasteiger charge is -2.20. The molecular formula is C18H22ClN3O3. The molecule has 0 aliphatic rings. The van der Waals surface area contributed by atoms with Crippen LogP contribution in [-0.4, -0.2) is 44.8 Å². The van der Waals surface area contributed by atoms with Crippen molar-refractivity contribution in [1.82, 2.24) is 14.7 Å². The van der Waals surface area contributed by atoms with E-state index in [0.717, 1.165) is 22.6 Å². The lowest BCUT2D eigenvalue weighted by molar-refractivity contribution is -0.144. The number of hydrogen-bond donors (Lipinski definition) is 1. The van der Waals surface area contributed by atoms with Crippen molar-refractivity contribution in [3.05, 3.63) is 46.2 Å². The zero-order valence-corrected chi connectivity index (χ0v) is 15.4. The standard InChI is InChI=1S/C18H22ClN3O3/c1-4-9-21(11-18(24)25)17(23)10-16-12(2)20-22(13(16)3)15-7-5-14(19)6-8-15/h5-8H,4,9-11H2,1-3H3,(H,24,25). The summed E-state index contributed by atoms with van der Waals surface area (Å²) in [6.45, 7) is 5.81. The minimum absolute atomic E-state index is 0.137. The molecule has 0 aliphatic carbocycles. The number of aryl methyl sites for hydroxylation is 1. The van der Waals surface area contributed by atoms with Crippen LogP contribution in [-0.2, 0) is 16.0 Å². The van der Waals surface area contributed by atoms with Gasteiger partial charge in [-0.1, -0.05) is 18.5 Å². The Hall–Kier alpha value is -2.34. The van der Waals surface area contributed by atoms with E-state index in [9.17, 15) is 9.59 Å². The number of carboxylic acid groups (broad SMARTS) is 1. The van der Waals surface area contributed by atoms with E-state index in [0.29, 0.717) is 18.0 Å². The van der Waals surface area contributed by atoms with Crippen LogP contribution in [0.3, 0.4) is 0 Å². The number of nitrogens with zero attached hydrogens (tertiary/aromatic N) is 3. The molecule has 1 heterocycles. The molecule has 1 amide bonds. The van der Waals surface area contributed by atoms with Crippen LogP contribution in [0, 0.1) is 13.8 Å². The second-order valence-electron chi connectivity index (χ2n) is 5.92. The van der Waals surface area contributed by atoms with Gasteiger partial charge in [-0.25, -0.2) is 4.68 Å². The maximum absolute atomic E-state index is 12.5. The number of rotatable bonds is 7. The lowest BCUT2D eigenvalue weighted by Crippen LogP contribution is -2.37. The minimum Gasteiger partial charge on any atom is -0.480 e. The Labute approximate surface area is 152 Å². The summed E-state index contributed by atoms with van der Waals surface area (Å²) in [5.41, 5.74) is 3.30. The van der Waals surface area contributed by atoms with Gasteiger partial charge in [-0.2, -0.15) is 5.10 Å². The molecule has 6 nitrogen and oxygen atoms in total. The van der Waals surface area contributed by atoms with Crippen molar-refractivity contribution >= 4 is 23.5 Å². The summed E-state index contributed by atoms with van der Waals surface area (Å²) in [6.07, 6.45) is 0.847. The summed E-state index contributed by atoms with van der Waals surface area (Å²) in [6, 6.07) is 7.30. The molecule has 1 aromatic carbocycles. The van der Waals surface area contributed by atoms with Crippen LogP contribution in [0.15, 0.2) is 24.3 Å². The van der Waals surface area contributed by atoms with Crippen molar-refractivity contribution in [2.75, 3.05) is 13.1 Å². The van der Waals surface area contributed by atoms with Crippen LogP contribution >= 0.6 is 11.6 Å². The first kappa shape index (κ1) is 19.0. The summed E-state index contributed by atoms with van der Waals surface area (Å²) >= 11 is 5.92. The van der Waals surface area contributed by atoms with Crippen LogP contribution in [0.25, 0.3) is 5.69 Å². The fraction of sp³-hybridized carbons (Fsp3) is 0.389. The number of carbonyl (C=O) groups is 2. The van der Waals surface area contributed by atoms with Gasteiger partial charge in [0.2, 0.25) is 5.91 Å². The molecule has 0 atom stereocenters. The van der Waals surface area contributed by atoms with E-state index in [4.69, 9.17) is 16.7 Å². The summed E-state index contributed by atoms with van der Waals surface area (Å²) < 4.78 is 1.77. The quantitative estimate of drug-likeness (QED) is 0.820. The Bertz CT molecular complexity index is 769. The molecule has 1 N–H and O–H groups in total. The Morgan fingerprint density at radius 1 is 1.24 bits per heavy atom. The van der Waals surface area contributed by atoms with Crippen molar-refractivity contribution in [2.45, 2.75) is 33.6 Å². The van der Waals surface area contributed by atoms with E-state index in [1.807, 2.05) is 32.9 Å². The molecule has 0 fully saturated rings. The smallest absolute Gasteiger partial charge is 0.323 e. The zero-order valence-electron chi connectivity index (χ0n) is 14.6. The van der Waals surface area contributed by atoms with Crippen molar-refractivity contribution in [2.24, 2.45) is 0 Å². The maximum atomic E-state index is 12.5. The van der Waals surface area contributed by atoms with Gasteiger partial charge in [-0.15, -0.1) is 0 Å². The van der Waals surface area contributed by atoms with E-state index >= 15 is 0 Å². The maximum Gasteiger partial charge on any atom is 0.323 e. The molecule has 1 aromatic heterocycles. The summed E-state index contributed by atoms with van der Waals surface area (Å²) in [5.74, 6) is -1.21. The summed E-state index contributed by atoms with van der Waals surface area (Å²) in [5, 5.41) is 14.1. The molecule has 0 saturated heterocycles. The Kier molecular flexibility index (Phi) is 6.20. The fourth-order valence-corrected chi connectivity index (χ4v) is 2.88. The van der Waals surface area contributed by atoms with E-state index in [-0.39, 0.29) is 18.9 Å². The monoisotopic (exact) mass is 363 g/mol. The van der Waals surface area contributed by atoms with Crippen LogP contribution in [0.1, 0.15) is 30.3 Å². The summed E-state index contributed by atoms with van der Waals surface area (Å²) in [4.78, 5) is 24.9. The SMILES string of the molecule is CCCN(CC(=O)O)C(=O)Cc1c(C)nn(-c2ccc(Cl)cc2)c1C. The zero-order chi connectivity index (χ0) is 18.6. The third kappa shape index (κ3) is 4.60. The van der Waals surface area contributed by atoms with Crippen LogP contribution in [0.2, 0.25) is 5.02 Å². The number of amides is 1. The molecular weight excluding hydrogens is 342 g/mol. The minimum atomic E-state index is -1.01. The molecule has 25 heavy (non-hydrogen) atoms. The molecule has 0 bridgehead atoms. The predicted molar refractivity (Wildman–Crippen MR) is 96.3 cm³/mol. The second kappa shape index (κ2) is 8.16. The molecule has 0 unspecified atom stereocenters. The van der Waals surface area contributed by atoms with Crippen LogP contribution < -0.4 is 0 Å².